The van der Waals surface area contributed by atoms with Crippen molar-refractivity contribution in [3.8, 4) is 0 Å². The number of piperazine rings is 1. The Morgan fingerprint density at radius 1 is 0.903 bits per heavy atom. The summed E-state index contributed by atoms with van der Waals surface area (Å²) in [5, 5.41) is 1.78. The topological polar surface area (TPSA) is 88.2 Å². The Balaban J connectivity index is 1.29. The summed E-state index contributed by atoms with van der Waals surface area (Å²) in [5.41, 5.74) is 9.41. The van der Waals surface area contributed by atoms with E-state index in [9.17, 15) is 4.79 Å². The van der Waals surface area contributed by atoms with E-state index in [2.05, 4.69) is 19.9 Å². The van der Waals surface area contributed by atoms with Crippen molar-refractivity contribution in [2.45, 2.75) is 13.5 Å². The molecule has 0 radical (unpaired) electrons. The van der Waals surface area contributed by atoms with Crippen LogP contribution in [-0.2, 0) is 6.54 Å². The first-order valence-electron chi connectivity index (χ1n) is 10.5. The van der Waals surface area contributed by atoms with Gasteiger partial charge in [-0.3, -0.25) is 14.7 Å². The van der Waals surface area contributed by atoms with Gasteiger partial charge >= 0.3 is 0 Å². The summed E-state index contributed by atoms with van der Waals surface area (Å²) in [4.78, 5) is 31.1. The standard InChI is InChI=1S/C24H24N6O/c1-16-14-19(17-6-2-4-8-20(17)26-16)24(31)30-12-10-29(11-13-30)15-22-27-21-9-5-3-7-18(21)23(25)28-22/h2-9,14H,10-13,15H2,1H3,(H2,25,27,28). The van der Waals surface area contributed by atoms with Gasteiger partial charge in [0, 0.05) is 42.6 Å². The Morgan fingerprint density at radius 3 is 2.29 bits per heavy atom. The number of aromatic nitrogens is 3. The first kappa shape index (κ1) is 19.4. The average molecular weight is 412 g/mol. The van der Waals surface area contributed by atoms with Crippen LogP contribution in [0.2, 0.25) is 0 Å². The van der Waals surface area contributed by atoms with Crippen LogP contribution in [0.15, 0.2) is 54.6 Å². The lowest BCUT2D eigenvalue weighted by Crippen LogP contribution is -2.48. The number of nitrogens with two attached hydrogens (primary N) is 1. The van der Waals surface area contributed by atoms with Crippen molar-refractivity contribution in [3.05, 3.63) is 71.7 Å². The lowest BCUT2D eigenvalue weighted by molar-refractivity contribution is 0.0627. The highest BCUT2D eigenvalue weighted by molar-refractivity contribution is 6.06. The third-order valence-electron chi connectivity index (χ3n) is 5.78. The number of rotatable bonds is 3. The third-order valence-corrected chi connectivity index (χ3v) is 5.78. The van der Waals surface area contributed by atoms with Crippen LogP contribution in [0, 0.1) is 6.92 Å². The van der Waals surface area contributed by atoms with Crippen LogP contribution in [0.1, 0.15) is 21.9 Å². The molecule has 5 rings (SSSR count). The predicted molar refractivity (Wildman–Crippen MR) is 122 cm³/mol. The number of pyridine rings is 1. The molecule has 0 unspecified atom stereocenters. The molecule has 0 bridgehead atoms. The van der Waals surface area contributed by atoms with Gasteiger partial charge in [0.1, 0.15) is 11.6 Å². The molecule has 3 heterocycles. The van der Waals surface area contributed by atoms with Gasteiger partial charge in [-0.05, 0) is 31.2 Å². The summed E-state index contributed by atoms with van der Waals surface area (Å²) in [7, 11) is 0. The van der Waals surface area contributed by atoms with Crippen LogP contribution in [0.5, 0.6) is 0 Å². The van der Waals surface area contributed by atoms with Gasteiger partial charge < -0.3 is 10.6 Å². The maximum Gasteiger partial charge on any atom is 0.254 e. The molecule has 2 aromatic heterocycles. The fraction of sp³-hybridized carbons (Fsp3) is 0.250. The maximum absolute atomic E-state index is 13.3. The molecule has 4 aromatic rings. The summed E-state index contributed by atoms with van der Waals surface area (Å²) in [6.07, 6.45) is 0. The van der Waals surface area contributed by atoms with Crippen molar-refractivity contribution in [1.82, 2.24) is 24.8 Å². The molecule has 156 valence electrons. The second kappa shape index (κ2) is 7.92. The highest BCUT2D eigenvalue weighted by Gasteiger charge is 2.24. The summed E-state index contributed by atoms with van der Waals surface area (Å²) >= 11 is 0. The van der Waals surface area contributed by atoms with Gasteiger partial charge in [0.25, 0.3) is 5.91 Å². The molecule has 1 saturated heterocycles. The Labute approximate surface area is 180 Å². The Morgan fingerprint density at radius 2 is 1.55 bits per heavy atom. The lowest BCUT2D eigenvalue weighted by Gasteiger charge is -2.34. The van der Waals surface area contributed by atoms with E-state index in [4.69, 9.17) is 5.73 Å². The fourth-order valence-electron chi connectivity index (χ4n) is 4.19. The first-order valence-corrected chi connectivity index (χ1v) is 10.5. The molecule has 1 aliphatic heterocycles. The van der Waals surface area contributed by atoms with Crippen LogP contribution >= 0.6 is 0 Å². The Hall–Kier alpha value is -3.58. The minimum absolute atomic E-state index is 0.0625. The molecule has 0 saturated carbocycles. The van der Waals surface area contributed by atoms with Crippen molar-refractivity contribution in [1.29, 1.82) is 0 Å². The number of fused-ring (bicyclic) bond motifs is 2. The molecule has 7 heteroatoms. The van der Waals surface area contributed by atoms with E-state index >= 15 is 0 Å². The number of benzene rings is 2. The summed E-state index contributed by atoms with van der Waals surface area (Å²) in [6, 6.07) is 17.5. The highest BCUT2D eigenvalue weighted by atomic mass is 16.2. The smallest absolute Gasteiger partial charge is 0.254 e. The minimum Gasteiger partial charge on any atom is -0.383 e. The number of para-hydroxylation sites is 2. The highest BCUT2D eigenvalue weighted by Crippen LogP contribution is 2.21. The predicted octanol–water partition coefficient (Wildman–Crippen LogP) is 3.03. The number of carbonyl (C=O) groups excluding carboxylic acids is 1. The second-order valence-corrected chi connectivity index (χ2v) is 7.94. The molecule has 0 atom stereocenters. The van der Waals surface area contributed by atoms with Crippen LogP contribution in [-0.4, -0.2) is 56.8 Å². The van der Waals surface area contributed by atoms with Gasteiger partial charge in [0.2, 0.25) is 0 Å². The van der Waals surface area contributed by atoms with Gasteiger partial charge in [-0.15, -0.1) is 0 Å². The number of carbonyl (C=O) groups is 1. The van der Waals surface area contributed by atoms with Gasteiger partial charge in [0.15, 0.2) is 0 Å². The molecule has 2 aromatic carbocycles. The van der Waals surface area contributed by atoms with Crippen LogP contribution in [0.4, 0.5) is 5.82 Å². The van der Waals surface area contributed by atoms with Crippen LogP contribution in [0.25, 0.3) is 21.8 Å². The van der Waals surface area contributed by atoms with E-state index < -0.39 is 0 Å². The second-order valence-electron chi connectivity index (χ2n) is 7.94. The Bertz CT molecular complexity index is 1280. The molecular formula is C24H24N6O. The molecule has 7 nitrogen and oxygen atoms in total. The minimum atomic E-state index is 0.0625. The number of nitrogen functional groups attached to an aromatic ring is 1. The Kier molecular flexibility index (Phi) is 4.95. The first-order chi connectivity index (χ1) is 15.1. The summed E-state index contributed by atoms with van der Waals surface area (Å²) in [6.45, 7) is 5.41. The fourth-order valence-corrected chi connectivity index (χ4v) is 4.19. The monoisotopic (exact) mass is 412 g/mol. The number of anilines is 1. The maximum atomic E-state index is 13.3. The zero-order valence-corrected chi connectivity index (χ0v) is 17.5. The van der Waals surface area contributed by atoms with E-state index in [-0.39, 0.29) is 5.91 Å². The molecule has 2 N–H and O–H groups in total. The molecule has 0 aliphatic carbocycles. The zero-order chi connectivity index (χ0) is 21.4. The molecule has 1 fully saturated rings. The van der Waals surface area contributed by atoms with Crippen LogP contribution < -0.4 is 5.73 Å². The van der Waals surface area contributed by atoms with Crippen molar-refractivity contribution in [2.75, 3.05) is 31.9 Å². The number of amides is 1. The molecule has 1 aliphatic rings. The average Bonchev–Trinajstić information content (AvgIpc) is 2.78. The van der Waals surface area contributed by atoms with Crippen molar-refractivity contribution in [3.63, 3.8) is 0 Å². The van der Waals surface area contributed by atoms with Gasteiger partial charge in [-0.1, -0.05) is 30.3 Å². The quantitative estimate of drug-likeness (QED) is 0.556. The molecule has 1 amide bonds. The van der Waals surface area contributed by atoms with Crippen molar-refractivity contribution < 1.29 is 4.79 Å². The molecule has 31 heavy (non-hydrogen) atoms. The van der Waals surface area contributed by atoms with E-state index in [0.29, 0.717) is 31.3 Å². The van der Waals surface area contributed by atoms with Crippen molar-refractivity contribution in [2.24, 2.45) is 0 Å². The van der Waals surface area contributed by atoms with E-state index in [1.54, 1.807) is 0 Å². The summed E-state index contributed by atoms with van der Waals surface area (Å²) in [5.74, 6) is 1.29. The van der Waals surface area contributed by atoms with Crippen molar-refractivity contribution >= 4 is 33.5 Å². The number of hydrogen-bond acceptors (Lipinski definition) is 6. The SMILES string of the molecule is Cc1cc(C(=O)N2CCN(Cc3nc(N)c4ccccc4n3)CC2)c2ccccc2n1. The normalized spacial score (nSPS) is 14.9. The zero-order valence-electron chi connectivity index (χ0n) is 17.5. The molecule has 0 spiro atoms. The molecular weight excluding hydrogens is 388 g/mol. The van der Waals surface area contributed by atoms with Gasteiger partial charge in [-0.2, -0.15) is 0 Å². The lowest BCUT2D eigenvalue weighted by atomic mass is 10.1. The van der Waals surface area contributed by atoms with E-state index in [1.807, 2.05) is 66.4 Å². The van der Waals surface area contributed by atoms with Gasteiger partial charge in [-0.25, -0.2) is 9.97 Å². The number of hydrogen-bond donors (Lipinski definition) is 1. The van der Waals surface area contributed by atoms with E-state index in [1.165, 1.54) is 0 Å². The van der Waals surface area contributed by atoms with Gasteiger partial charge in [0.05, 0.1) is 23.1 Å². The largest absolute Gasteiger partial charge is 0.383 e. The number of nitrogens with zero attached hydrogens (tertiary/aromatic N) is 5. The summed E-state index contributed by atoms with van der Waals surface area (Å²) < 4.78 is 0. The van der Waals surface area contributed by atoms with Crippen LogP contribution in [0.3, 0.4) is 0 Å². The van der Waals surface area contributed by atoms with E-state index in [0.717, 1.165) is 46.2 Å². The number of aryl methyl sites for hydroxylation is 1. The third kappa shape index (κ3) is 3.80.